The molecule has 0 saturated carbocycles. The van der Waals surface area contributed by atoms with E-state index >= 15 is 0 Å². The van der Waals surface area contributed by atoms with Gasteiger partial charge in [-0.15, -0.1) is 22.7 Å². The van der Waals surface area contributed by atoms with E-state index in [9.17, 15) is 4.79 Å². The second-order valence-electron chi connectivity index (χ2n) is 7.35. The molecule has 0 bridgehead atoms. The first kappa shape index (κ1) is 19.5. The molecule has 27 heavy (non-hydrogen) atoms. The van der Waals surface area contributed by atoms with E-state index < -0.39 is 5.91 Å². The summed E-state index contributed by atoms with van der Waals surface area (Å²) < 4.78 is 6.07. The van der Waals surface area contributed by atoms with Gasteiger partial charge in [0.2, 0.25) is 5.91 Å². The molecule has 7 heteroatoms. The average molecular weight is 402 g/mol. The number of primary amides is 1. The highest BCUT2D eigenvalue weighted by Crippen LogP contribution is 2.33. The van der Waals surface area contributed by atoms with E-state index in [0.29, 0.717) is 12.0 Å². The molecule has 1 amide bonds. The number of ether oxygens (including phenoxy) is 1. The Bertz CT molecular complexity index is 984. The van der Waals surface area contributed by atoms with Crippen LogP contribution >= 0.6 is 22.7 Å². The van der Waals surface area contributed by atoms with Crippen LogP contribution in [0.5, 0.6) is 5.75 Å². The van der Waals surface area contributed by atoms with Crippen LogP contribution in [0.2, 0.25) is 0 Å². The van der Waals surface area contributed by atoms with Crippen LogP contribution in [0.3, 0.4) is 0 Å². The van der Waals surface area contributed by atoms with Gasteiger partial charge in [0.05, 0.1) is 26.3 Å². The maximum Gasteiger partial charge on any atom is 0.248 e. The lowest BCUT2D eigenvalue weighted by atomic mass is 10.1. The van der Waals surface area contributed by atoms with Crippen molar-refractivity contribution < 1.29 is 9.53 Å². The molecule has 0 aliphatic heterocycles. The zero-order valence-corrected chi connectivity index (χ0v) is 17.8. The van der Waals surface area contributed by atoms with E-state index in [4.69, 9.17) is 15.5 Å². The molecule has 142 valence electrons. The first-order chi connectivity index (χ1) is 12.6. The standard InChI is InChI=1S/C20H23N3O2S2/c1-11-18(27-12(2)22-11)15-10-26-17(23-15)9-14-8-13(19(21)24)6-7-16(14)25-20(3,4)5/h6-8,10H,9H2,1-5H3,(H2,21,24). The Morgan fingerprint density at radius 3 is 2.56 bits per heavy atom. The van der Waals surface area contributed by atoms with Gasteiger partial charge in [-0.25, -0.2) is 9.97 Å². The van der Waals surface area contributed by atoms with E-state index in [2.05, 4.69) is 10.4 Å². The number of aryl methyl sites for hydroxylation is 2. The van der Waals surface area contributed by atoms with Crippen LogP contribution in [-0.4, -0.2) is 21.5 Å². The second kappa shape index (κ2) is 7.40. The number of aromatic nitrogens is 2. The minimum Gasteiger partial charge on any atom is -0.488 e. The molecule has 3 rings (SSSR count). The molecule has 0 aliphatic rings. The third-order valence-electron chi connectivity index (χ3n) is 3.79. The van der Waals surface area contributed by atoms with Crippen molar-refractivity contribution in [1.82, 2.24) is 9.97 Å². The average Bonchev–Trinajstić information content (AvgIpc) is 3.13. The number of rotatable bonds is 5. The fourth-order valence-corrected chi connectivity index (χ4v) is 4.49. The molecule has 2 N–H and O–H groups in total. The fourth-order valence-electron chi connectivity index (χ4n) is 2.73. The van der Waals surface area contributed by atoms with Gasteiger partial charge in [0.25, 0.3) is 0 Å². The Hall–Kier alpha value is -2.25. The number of hydrogen-bond donors (Lipinski definition) is 1. The number of hydrogen-bond acceptors (Lipinski definition) is 6. The highest BCUT2D eigenvalue weighted by molar-refractivity contribution is 7.15. The van der Waals surface area contributed by atoms with Crippen molar-refractivity contribution in [2.24, 2.45) is 5.73 Å². The fraction of sp³-hybridized carbons (Fsp3) is 0.350. The van der Waals surface area contributed by atoms with E-state index in [1.54, 1.807) is 34.8 Å². The van der Waals surface area contributed by atoms with Gasteiger partial charge in [-0.3, -0.25) is 4.79 Å². The number of benzene rings is 1. The highest BCUT2D eigenvalue weighted by atomic mass is 32.1. The predicted molar refractivity (Wildman–Crippen MR) is 111 cm³/mol. The molecule has 0 saturated heterocycles. The third kappa shape index (κ3) is 4.73. The predicted octanol–water partition coefficient (Wildman–Crippen LogP) is 4.75. The van der Waals surface area contributed by atoms with Crippen molar-refractivity contribution >= 4 is 28.6 Å². The summed E-state index contributed by atoms with van der Waals surface area (Å²) in [6.07, 6.45) is 0.577. The first-order valence-corrected chi connectivity index (χ1v) is 10.3. The molecule has 0 aliphatic carbocycles. The normalized spacial score (nSPS) is 11.6. The maximum atomic E-state index is 11.6. The minimum absolute atomic E-state index is 0.339. The molecule has 2 aromatic heterocycles. The van der Waals surface area contributed by atoms with Gasteiger partial charge < -0.3 is 10.5 Å². The number of thiazole rings is 2. The zero-order valence-electron chi connectivity index (χ0n) is 16.1. The summed E-state index contributed by atoms with van der Waals surface area (Å²) in [5, 5.41) is 4.04. The quantitative estimate of drug-likeness (QED) is 0.669. The van der Waals surface area contributed by atoms with Gasteiger partial charge in [0.1, 0.15) is 11.4 Å². The molecular weight excluding hydrogens is 378 g/mol. The van der Waals surface area contributed by atoms with Crippen LogP contribution in [0.4, 0.5) is 0 Å². The van der Waals surface area contributed by atoms with E-state index in [0.717, 1.165) is 37.6 Å². The van der Waals surface area contributed by atoms with Gasteiger partial charge in [-0.05, 0) is 52.8 Å². The number of carbonyl (C=O) groups excluding carboxylic acids is 1. The molecule has 0 atom stereocenters. The topological polar surface area (TPSA) is 78.1 Å². The molecule has 3 aromatic rings. The van der Waals surface area contributed by atoms with Crippen LogP contribution < -0.4 is 10.5 Å². The van der Waals surface area contributed by atoms with Crippen molar-refractivity contribution in [2.75, 3.05) is 0 Å². The van der Waals surface area contributed by atoms with E-state index in [1.807, 2.05) is 40.7 Å². The van der Waals surface area contributed by atoms with Crippen molar-refractivity contribution in [3.63, 3.8) is 0 Å². The molecule has 2 heterocycles. The summed E-state index contributed by atoms with van der Waals surface area (Å²) in [7, 11) is 0. The van der Waals surface area contributed by atoms with Crippen LogP contribution in [-0.2, 0) is 6.42 Å². The lowest BCUT2D eigenvalue weighted by Gasteiger charge is -2.23. The number of carbonyl (C=O) groups is 1. The number of amides is 1. The lowest BCUT2D eigenvalue weighted by molar-refractivity contribution is 0.1000. The first-order valence-electron chi connectivity index (χ1n) is 8.63. The SMILES string of the molecule is Cc1nc(C)c(-c2csc(Cc3cc(C(N)=O)ccc3OC(C)(C)C)n2)s1. The number of nitrogens with two attached hydrogens (primary N) is 1. The summed E-state index contributed by atoms with van der Waals surface area (Å²) in [6, 6.07) is 5.31. The summed E-state index contributed by atoms with van der Waals surface area (Å²) in [4.78, 5) is 22.0. The summed E-state index contributed by atoms with van der Waals surface area (Å²) >= 11 is 3.25. The highest BCUT2D eigenvalue weighted by Gasteiger charge is 2.18. The minimum atomic E-state index is -0.450. The Morgan fingerprint density at radius 1 is 1.22 bits per heavy atom. The Kier molecular flexibility index (Phi) is 5.35. The molecule has 0 unspecified atom stereocenters. The third-order valence-corrected chi connectivity index (χ3v) is 5.73. The largest absolute Gasteiger partial charge is 0.488 e. The van der Waals surface area contributed by atoms with Gasteiger partial charge in [0, 0.05) is 22.9 Å². The molecular formula is C20H23N3O2S2. The van der Waals surface area contributed by atoms with Crippen molar-refractivity contribution in [3.05, 3.63) is 50.4 Å². The van der Waals surface area contributed by atoms with Gasteiger partial charge in [-0.1, -0.05) is 0 Å². The van der Waals surface area contributed by atoms with Gasteiger partial charge in [0.15, 0.2) is 0 Å². The smallest absolute Gasteiger partial charge is 0.248 e. The summed E-state index contributed by atoms with van der Waals surface area (Å²) in [5.41, 5.74) is 8.44. The van der Waals surface area contributed by atoms with E-state index in [1.165, 1.54) is 0 Å². The van der Waals surface area contributed by atoms with Gasteiger partial charge in [-0.2, -0.15) is 0 Å². The van der Waals surface area contributed by atoms with Crippen LogP contribution in [0.15, 0.2) is 23.6 Å². The second-order valence-corrected chi connectivity index (χ2v) is 9.50. The van der Waals surface area contributed by atoms with E-state index in [-0.39, 0.29) is 5.60 Å². The molecule has 0 fully saturated rings. The summed E-state index contributed by atoms with van der Waals surface area (Å²) in [6.45, 7) is 9.99. The Labute approximate surface area is 167 Å². The molecule has 0 radical (unpaired) electrons. The van der Waals surface area contributed by atoms with Crippen LogP contribution in [0.1, 0.15) is 52.4 Å². The lowest BCUT2D eigenvalue weighted by Crippen LogP contribution is -2.24. The van der Waals surface area contributed by atoms with Gasteiger partial charge >= 0.3 is 0 Å². The summed E-state index contributed by atoms with van der Waals surface area (Å²) in [5.74, 6) is 0.295. The molecule has 1 aromatic carbocycles. The number of nitrogens with zero attached hydrogens (tertiary/aromatic N) is 2. The zero-order chi connectivity index (χ0) is 19.8. The van der Waals surface area contributed by atoms with Crippen molar-refractivity contribution in [2.45, 2.75) is 46.6 Å². The molecule has 0 spiro atoms. The van der Waals surface area contributed by atoms with Crippen molar-refractivity contribution in [3.8, 4) is 16.3 Å². The monoisotopic (exact) mass is 401 g/mol. The van der Waals surface area contributed by atoms with Crippen LogP contribution in [0.25, 0.3) is 10.6 Å². The Morgan fingerprint density at radius 2 is 1.96 bits per heavy atom. The maximum absolute atomic E-state index is 11.6. The Balaban J connectivity index is 1.93. The van der Waals surface area contributed by atoms with Crippen molar-refractivity contribution in [1.29, 1.82) is 0 Å². The van der Waals surface area contributed by atoms with Crippen LogP contribution in [0, 0.1) is 13.8 Å². The molecule has 5 nitrogen and oxygen atoms in total.